The maximum absolute atomic E-state index is 5.27. The molecule has 1 aromatic heterocycles. The minimum absolute atomic E-state index is 0.130. The van der Waals surface area contributed by atoms with Crippen LogP contribution < -0.4 is 10.1 Å². The van der Waals surface area contributed by atoms with Gasteiger partial charge in [-0.1, -0.05) is 12.1 Å². The zero-order valence-corrected chi connectivity index (χ0v) is 14.2. The van der Waals surface area contributed by atoms with Gasteiger partial charge in [-0.2, -0.15) is 0 Å². The van der Waals surface area contributed by atoms with Crippen LogP contribution in [-0.4, -0.2) is 12.1 Å². The second kappa shape index (κ2) is 6.03. The Morgan fingerprint density at radius 3 is 2.81 bits per heavy atom. The summed E-state index contributed by atoms with van der Waals surface area (Å²) in [6, 6.07) is 14.2. The molecule has 5 heteroatoms. The van der Waals surface area contributed by atoms with Crippen LogP contribution >= 0.6 is 27.3 Å². The van der Waals surface area contributed by atoms with E-state index in [-0.39, 0.29) is 6.04 Å². The quantitative estimate of drug-likeness (QED) is 0.688. The van der Waals surface area contributed by atoms with Crippen LogP contribution in [0.3, 0.4) is 0 Å². The SMILES string of the molecule is COc1ccc(Br)c(NC(C)c2nc3ccccc3s2)c1. The van der Waals surface area contributed by atoms with E-state index in [4.69, 9.17) is 9.72 Å². The third-order valence-corrected chi connectivity index (χ3v) is 5.14. The summed E-state index contributed by atoms with van der Waals surface area (Å²) >= 11 is 5.28. The molecule has 3 nitrogen and oxygen atoms in total. The van der Waals surface area contributed by atoms with Crippen LogP contribution in [0.15, 0.2) is 46.9 Å². The average molecular weight is 363 g/mol. The maximum Gasteiger partial charge on any atom is 0.121 e. The third-order valence-electron chi connectivity index (χ3n) is 3.23. The highest BCUT2D eigenvalue weighted by Gasteiger charge is 2.13. The summed E-state index contributed by atoms with van der Waals surface area (Å²) in [4.78, 5) is 4.69. The summed E-state index contributed by atoms with van der Waals surface area (Å²) in [5, 5.41) is 4.56. The van der Waals surface area contributed by atoms with Crippen molar-refractivity contribution in [3.05, 3.63) is 51.9 Å². The molecule has 0 amide bonds. The number of ether oxygens (including phenoxy) is 1. The molecule has 108 valence electrons. The van der Waals surface area contributed by atoms with Gasteiger partial charge in [0.05, 0.1) is 29.1 Å². The van der Waals surface area contributed by atoms with E-state index in [0.29, 0.717) is 0 Å². The molecule has 0 saturated heterocycles. The Kier molecular flexibility index (Phi) is 4.12. The predicted molar refractivity (Wildman–Crippen MR) is 92.4 cm³/mol. The molecule has 0 aliphatic rings. The summed E-state index contributed by atoms with van der Waals surface area (Å²) in [5.74, 6) is 0.831. The van der Waals surface area contributed by atoms with Gasteiger partial charge in [-0.05, 0) is 47.1 Å². The number of halogens is 1. The first-order chi connectivity index (χ1) is 10.2. The number of methoxy groups -OCH3 is 1. The number of nitrogens with one attached hydrogen (secondary N) is 1. The van der Waals surface area contributed by atoms with Crippen molar-refractivity contribution in [2.45, 2.75) is 13.0 Å². The molecule has 0 spiro atoms. The van der Waals surface area contributed by atoms with Crippen molar-refractivity contribution < 1.29 is 4.74 Å². The highest BCUT2D eigenvalue weighted by atomic mass is 79.9. The summed E-state index contributed by atoms with van der Waals surface area (Å²) in [5.41, 5.74) is 2.05. The Bertz CT molecular complexity index is 739. The van der Waals surface area contributed by atoms with Crippen molar-refractivity contribution in [3.8, 4) is 5.75 Å². The second-order valence-electron chi connectivity index (χ2n) is 4.73. The first-order valence-electron chi connectivity index (χ1n) is 6.63. The van der Waals surface area contributed by atoms with Crippen LogP contribution in [0.5, 0.6) is 5.75 Å². The third kappa shape index (κ3) is 3.04. The van der Waals surface area contributed by atoms with Gasteiger partial charge in [0.15, 0.2) is 0 Å². The van der Waals surface area contributed by atoms with Gasteiger partial charge >= 0.3 is 0 Å². The smallest absolute Gasteiger partial charge is 0.121 e. The number of anilines is 1. The largest absolute Gasteiger partial charge is 0.497 e. The fourth-order valence-corrected chi connectivity index (χ4v) is 3.44. The average Bonchev–Trinajstić information content (AvgIpc) is 2.93. The lowest BCUT2D eigenvalue weighted by molar-refractivity contribution is 0.415. The monoisotopic (exact) mass is 362 g/mol. The van der Waals surface area contributed by atoms with Gasteiger partial charge in [-0.25, -0.2) is 4.98 Å². The number of fused-ring (bicyclic) bond motifs is 1. The highest BCUT2D eigenvalue weighted by molar-refractivity contribution is 9.10. The van der Waals surface area contributed by atoms with Gasteiger partial charge in [0.1, 0.15) is 10.8 Å². The minimum atomic E-state index is 0.130. The van der Waals surface area contributed by atoms with Gasteiger partial charge in [0.2, 0.25) is 0 Å². The van der Waals surface area contributed by atoms with Crippen molar-refractivity contribution in [2.75, 3.05) is 12.4 Å². The topological polar surface area (TPSA) is 34.1 Å². The summed E-state index contributed by atoms with van der Waals surface area (Å²) in [7, 11) is 1.67. The zero-order valence-electron chi connectivity index (χ0n) is 11.8. The van der Waals surface area contributed by atoms with Gasteiger partial charge < -0.3 is 10.1 Å². The summed E-state index contributed by atoms with van der Waals surface area (Å²) < 4.78 is 7.50. The van der Waals surface area contributed by atoms with Gasteiger partial charge in [0.25, 0.3) is 0 Å². The number of hydrogen-bond donors (Lipinski definition) is 1. The molecule has 0 aliphatic heterocycles. The van der Waals surface area contributed by atoms with Gasteiger partial charge in [0, 0.05) is 10.5 Å². The Hall–Kier alpha value is -1.59. The molecule has 1 heterocycles. The molecule has 2 aromatic carbocycles. The lowest BCUT2D eigenvalue weighted by Gasteiger charge is -2.15. The van der Waals surface area contributed by atoms with E-state index in [1.54, 1.807) is 18.4 Å². The standard InChI is InChI=1S/C16H15BrN2OS/c1-10(16-19-13-5-3-4-6-15(13)21-16)18-14-9-11(20-2)7-8-12(14)17/h3-10,18H,1-2H3. The Balaban J connectivity index is 1.87. The van der Waals surface area contributed by atoms with Crippen molar-refractivity contribution >= 4 is 43.2 Å². The Labute approximate surface area is 136 Å². The van der Waals surface area contributed by atoms with Crippen molar-refractivity contribution in [1.82, 2.24) is 4.98 Å². The molecular weight excluding hydrogens is 348 g/mol. The second-order valence-corrected chi connectivity index (χ2v) is 6.65. The lowest BCUT2D eigenvalue weighted by atomic mass is 10.2. The first kappa shape index (κ1) is 14.4. The van der Waals surface area contributed by atoms with Crippen LogP contribution in [-0.2, 0) is 0 Å². The number of benzene rings is 2. The number of thiazole rings is 1. The van der Waals surface area contributed by atoms with Gasteiger partial charge in [-0.3, -0.25) is 0 Å². The molecule has 1 N–H and O–H groups in total. The van der Waals surface area contributed by atoms with E-state index < -0.39 is 0 Å². The molecule has 21 heavy (non-hydrogen) atoms. The van der Waals surface area contributed by atoms with Crippen molar-refractivity contribution in [1.29, 1.82) is 0 Å². The maximum atomic E-state index is 5.27. The number of aromatic nitrogens is 1. The summed E-state index contributed by atoms with van der Waals surface area (Å²) in [6.07, 6.45) is 0. The van der Waals surface area contributed by atoms with Crippen molar-refractivity contribution in [2.24, 2.45) is 0 Å². The van der Waals surface area contributed by atoms with Gasteiger partial charge in [-0.15, -0.1) is 11.3 Å². The molecule has 3 rings (SSSR count). The molecule has 0 fully saturated rings. The van der Waals surface area contributed by atoms with E-state index in [2.05, 4.69) is 34.2 Å². The lowest BCUT2D eigenvalue weighted by Crippen LogP contribution is -2.06. The van der Waals surface area contributed by atoms with E-state index >= 15 is 0 Å². The molecule has 0 radical (unpaired) electrons. The van der Waals surface area contributed by atoms with E-state index in [1.165, 1.54) is 4.70 Å². The van der Waals surface area contributed by atoms with Crippen LogP contribution in [0, 0.1) is 0 Å². The molecule has 0 aliphatic carbocycles. The molecule has 0 bridgehead atoms. The minimum Gasteiger partial charge on any atom is -0.497 e. The van der Waals surface area contributed by atoms with Crippen LogP contribution in [0.4, 0.5) is 5.69 Å². The molecular formula is C16H15BrN2OS. The van der Waals surface area contributed by atoms with Crippen molar-refractivity contribution in [3.63, 3.8) is 0 Å². The van der Waals surface area contributed by atoms with E-state index in [1.807, 2.05) is 36.4 Å². The van der Waals surface area contributed by atoms with Crippen LogP contribution in [0.2, 0.25) is 0 Å². The highest BCUT2D eigenvalue weighted by Crippen LogP contribution is 2.32. The number of hydrogen-bond acceptors (Lipinski definition) is 4. The van der Waals surface area contributed by atoms with E-state index in [9.17, 15) is 0 Å². The van der Waals surface area contributed by atoms with E-state index in [0.717, 1.165) is 26.4 Å². The van der Waals surface area contributed by atoms with Crippen LogP contribution in [0.1, 0.15) is 18.0 Å². The zero-order chi connectivity index (χ0) is 14.8. The number of para-hydroxylation sites is 1. The fraction of sp³-hybridized carbons (Fsp3) is 0.188. The number of rotatable bonds is 4. The normalized spacial score (nSPS) is 12.3. The number of nitrogens with zero attached hydrogens (tertiary/aromatic N) is 1. The molecule has 3 aromatic rings. The molecule has 1 unspecified atom stereocenters. The predicted octanol–water partition coefficient (Wildman–Crippen LogP) is 5.24. The van der Waals surface area contributed by atoms with Crippen LogP contribution in [0.25, 0.3) is 10.2 Å². The summed E-state index contributed by atoms with van der Waals surface area (Å²) in [6.45, 7) is 2.11. The molecule has 0 saturated carbocycles. The first-order valence-corrected chi connectivity index (χ1v) is 8.24. The fourth-order valence-electron chi connectivity index (χ4n) is 2.11. The molecule has 1 atom stereocenters. The Morgan fingerprint density at radius 2 is 2.05 bits per heavy atom. The Morgan fingerprint density at radius 1 is 1.24 bits per heavy atom.